The number of pyridine rings is 1. The monoisotopic (exact) mass is 631 g/mol. The summed E-state index contributed by atoms with van der Waals surface area (Å²) in [5.74, 6) is -1.12. The molecule has 222 valence electrons. The molecular formula is C28H30ClN5O6S2. The molecule has 0 radical (unpaired) electrons. The number of sulfonamides is 1. The highest BCUT2D eigenvalue weighted by molar-refractivity contribution is 7.92. The van der Waals surface area contributed by atoms with E-state index in [0.717, 1.165) is 11.8 Å². The number of nitrogens with one attached hydrogen (secondary N) is 3. The van der Waals surface area contributed by atoms with E-state index >= 15 is 0 Å². The highest BCUT2D eigenvalue weighted by Crippen LogP contribution is 2.23. The molecule has 3 N–H and O–H groups in total. The molecule has 0 spiro atoms. The fraction of sp³-hybridized carbons (Fsp3) is 0.357. The van der Waals surface area contributed by atoms with Crippen LogP contribution in [0.25, 0.3) is 17.0 Å². The van der Waals surface area contributed by atoms with E-state index in [1.807, 2.05) is 0 Å². The first-order valence-corrected chi connectivity index (χ1v) is 16.3. The molecule has 0 aliphatic carbocycles. The van der Waals surface area contributed by atoms with Crippen LogP contribution in [0.1, 0.15) is 40.9 Å². The second kappa shape index (κ2) is 12.8. The standard InChI is InChI=1S/C28H30ClN5O6S2/c29-24-10-9-19(41-24)11-14-42(39,40)32-23-8-4-12-33(28(23)38)17-26(36)34-13-3-5-18(34)16-30-27(37)21-15-25(35)31-22-7-2-1-6-20(21)22/h1-2,6-7,9-11,14-15,18,23,32H,3-5,8,12-13,16-17H2,(H,30,37)(H,31,35)/t18-,23-/m0/s1. The maximum Gasteiger partial charge on any atom is 0.252 e. The molecule has 4 heterocycles. The molecule has 2 saturated heterocycles. The number of aromatic nitrogens is 1. The number of hydrogen-bond donors (Lipinski definition) is 3. The maximum absolute atomic E-state index is 13.3. The Morgan fingerprint density at radius 1 is 1.10 bits per heavy atom. The van der Waals surface area contributed by atoms with Gasteiger partial charge in [-0.15, -0.1) is 11.3 Å². The minimum atomic E-state index is -3.91. The van der Waals surface area contributed by atoms with E-state index in [2.05, 4.69) is 15.0 Å². The summed E-state index contributed by atoms with van der Waals surface area (Å²) in [6, 6.07) is 10.4. The van der Waals surface area contributed by atoms with Gasteiger partial charge in [0.2, 0.25) is 27.4 Å². The zero-order valence-corrected chi connectivity index (χ0v) is 24.9. The summed E-state index contributed by atoms with van der Waals surface area (Å²) in [4.78, 5) is 57.9. The predicted molar refractivity (Wildman–Crippen MR) is 162 cm³/mol. The van der Waals surface area contributed by atoms with Gasteiger partial charge in [-0.3, -0.25) is 19.2 Å². The van der Waals surface area contributed by atoms with Crippen LogP contribution in [-0.2, 0) is 19.6 Å². The Bertz CT molecular complexity index is 1700. The highest BCUT2D eigenvalue weighted by Gasteiger charge is 2.35. The second-order valence-electron chi connectivity index (χ2n) is 10.2. The SMILES string of the molecule is O=C(NC[C@@H]1CCCN1C(=O)CN1CCC[C@H](NS(=O)(=O)C=Cc2ccc(Cl)s2)C1=O)c1cc(=O)[nH]c2ccccc12. The van der Waals surface area contributed by atoms with Gasteiger partial charge in [0.15, 0.2) is 0 Å². The number of para-hydroxylation sites is 1. The quantitative estimate of drug-likeness (QED) is 0.331. The molecule has 2 aliphatic heterocycles. The van der Waals surface area contributed by atoms with E-state index in [1.165, 1.54) is 28.4 Å². The summed E-state index contributed by atoms with van der Waals surface area (Å²) in [5.41, 5.74) is 0.432. The van der Waals surface area contributed by atoms with Crippen molar-refractivity contribution in [3.05, 3.63) is 73.0 Å². The summed E-state index contributed by atoms with van der Waals surface area (Å²) in [6.07, 6.45) is 3.72. The number of benzene rings is 1. The maximum atomic E-state index is 13.3. The van der Waals surface area contributed by atoms with E-state index in [4.69, 9.17) is 11.6 Å². The largest absolute Gasteiger partial charge is 0.350 e. The minimum absolute atomic E-state index is 0.177. The van der Waals surface area contributed by atoms with Gasteiger partial charge in [-0.1, -0.05) is 29.8 Å². The molecule has 11 nitrogen and oxygen atoms in total. The van der Waals surface area contributed by atoms with Crippen LogP contribution < -0.4 is 15.6 Å². The third-order valence-corrected chi connectivity index (χ3v) is 9.66. The van der Waals surface area contributed by atoms with Crippen LogP contribution in [0.3, 0.4) is 0 Å². The fourth-order valence-electron chi connectivity index (χ4n) is 5.35. The molecule has 0 unspecified atom stereocenters. The Kier molecular flexibility index (Phi) is 9.11. The molecular weight excluding hydrogens is 602 g/mol. The Morgan fingerprint density at radius 2 is 1.88 bits per heavy atom. The number of amides is 3. The second-order valence-corrected chi connectivity index (χ2v) is 13.6. The van der Waals surface area contributed by atoms with Gasteiger partial charge in [-0.05, 0) is 50.0 Å². The number of thiophene rings is 1. The van der Waals surface area contributed by atoms with Crippen LogP contribution in [0.15, 0.2) is 52.7 Å². The zero-order valence-electron chi connectivity index (χ0n) is 22.5. The number of H-pyrrole nitrogens is 1. The van der Waals surface area contributed by atoms with E-state index in [1.54, 1.807) is 41.3 Å². The first kappa shape index (κ1) is 30.0. The average Bonchev–Trinajstić information content (AvgIpc) is 3.61. The van der Waals surface area contributed by atoms with Gasteiger partial charge < -0.3 is 20.1 Å². The van der Waals surface area contributed by atoms with Crippen molar-refractivity contribution in [3.63, 3.8) is 0 Å². The van der Waals surface area contributed by atoms with Gasteiger partial charge in [-0.2, -0.15) is 4.72 Å². The Balaban J connectivity index is 1.18. The molecule has 0 bridgehead atoms. The average molecular weight is 632 g/mol. The molecule has 2 atom stereocenters. The molecule has 5 rings (SSSR count). The highest BCUT2D eigenvalue weighted by atomic mass is 35.5. The Labute approximate surface area is 251 Å². The van der Waals surface area contributed by atoms with Crippen molar-refractivity contribution in [1.82, 2.24) is 24.8 Å². The van der Waals surface area contributed by atoms with Crippen molar-refractivity contribution < 1.29 is 22.8 Å². The lowest BCUT2D eigenvalue weighted by atomic mass is 10.1. The van der Waals surface area contributed by atoms with E-state index in [9.17, 15) is 27.6 Å². The Morgan fingerprint density at radius 3 is 2.67 bits per heavy atom. The third-order valence-electron chi connectivity index (χ3n) is 7.36. The molecule has 2 fully saturated rings. The van der Waals surface area contributed by atoms with Crippen LogP contribution in [0.5, 0.6) is 0 Å². The van der Waals surface area contributed by atoms with E-state index in [-0.39, 0.29) is 36.2 Å². The molecule has 42 heavy (non-hydrogen) atoms. The number of hydrogen-bond acceptors (Lipinski definition) is 7. The van der Waals surface area contributed by atoms with Gasteiger partial charge in [0.25, 0.3) is 5.91 Å². The molecule has 3 aromatic rings. The van der Waals surface area contributed by atoms with Crippen LogP contribution in [-0.4, -0.2) is 79.2 Å². The number of nitrogens with zero attached hydrogens (tertiary/aromatic N) is 2. The van der Waals surface area contributed by atoms with Crippen molar-refractivity contribution >= 4 is 67.7 Å². The first-order chi connectivity index (χ1) is 20.1. The summed E-state index contributed by atoms with van der Waals surface area (Å²) in [7, 11) is -3.91. The molecule has 1 aromatic carbocycles. The van der Waals surface area contributed by atoms with Crippen molar-refractivity contribution in [3.8, 4) is 0 Å². The third kappa shape index (κ3) is 7.09. The predicted octanol–water partition coefficient (Wildman–Crippen LogP) is 2.55. The lowest BCUT2D eigenvalue weighted by Crippen LogP contribution is -2.55. The van der Waals surface area contributed by atoms with Crippen molar-refractivity contribution in [2.24, 2.45) is 0 Å². The van der Waals surface area contributed by atoms with Crippen LogP contribution in [0.2, 0.25) is 4.34 Å². The summed E-state index contributed by atoms with van der Waals surface area (Å²) in [6.45, 7) is 0.855. The van der Waals surface area contributed by atoms with E-state index in [0.29, 0.717) is 52.5 Å². The van der Waals surface area contributed by atoms with Crippen LogP contribution >= 0.6 is 22.9 Å². The Hall–Kier alpha value is -3.52. The van der Waals surface area contributed by atoms with Crippen molar-refractivity contribution in [1.29, 1.82) is 0 Å². The van der Waals surface area contributed by atoms with E-state index < -0.39 is 27.9 Å². The van der Waals surface area contributed by atoms with Crippen LogP contribution in [0.4, 0.5) is 0 Å². The zero-order chi connectivity index (χ0) is 29.9. The van der Waals surface area contributed by atoms with Gasteiger partial charge in [0.1, 0.15) is 6.04 Å². The van der Waals surface area contributed by atoms with Crippen LogP contribution in [0, 0.1) is 0 Å². The number of likely N-dealkylation sites (tertiary alicyclic amines) is 2. The lowest BCUT2D eigenvalue weighted by molar-refractivity contribution is -0.143. The molecule has 3 amide bonds. The van der Waals surface area contributed by atoms with Gasteiger partial charge in [-0.25, -0.2) is 8.42 Å². The molecule has 2 aromatic heterocycles. The fourth-order valence-corrected chi connectivity index (χ4v) is 7.42. The number of fused-ring (bicyclic) bond motifs is 1. The van der Waals surface area contributed by atoms with Gasteiger partial charge in [0.05, 0.1) is 16.4 Å². The number of rotatable bonds is 9. The first-order valence-electron chi connectivity index (χ1n) is 13.5. The molecule has 2 aliphatic rings. The summed E-state index contributed by atoms with van der Waals surface area (Å²) < 4.78 is 28.2. The van der Waals surface area contributed by atoms with Gasteiger partial charge >= 0.3 is 0 Å². The van der Waals surface area contributed by atoms with Gasteiger partial charge in [0, 0.05) is 52.9 Å². The number of carbonyl (C=O) groups is 3. The lowest BCUT2D eigenvalue weighted by Gasteiger charge is -2.34. The molecule has 14 heteroatoms. The molecule has 0 saturated carbocycles. The topological polar surface area (TPSA) is 149 Å². The van der Waals surface area contributed by atoms with Crippen molar-refractivity contribution in [2.75, 3.05) is 26.2 Å². The summed E-state index contributed by atoms with van der Waals surface area (Å²) in [5, 5.41) is 4.48. The number of halogens is 1. The number of piperidine rings is 1. The normalized spacial score (nSPS) is 19.6. The smallest absolute Gasteiger partial charge is 0.252 e. The number of aromatic amines is 1. The number of carbonyl (C=O) groups excluding carboxylic acids is 3. The minimum Gasteiger partial charge on any atom is -0.350 e. The van der Waals surface area contributed by atoms with Crippen molar-refractivity contribution in [2.45, 2.75) is 37.8 Å². The summed E-state index contributed by atoms with van der Waals surface area (Å²) >= 11 is 7.12.